The first kappa shape index (κ1) is 15.7. The van der Waals surface area contributed by atoms with Crippen molar-refractivity contribution in [2.24, 2.45) is 0 Å². The number of rotatable bonds is 4. The molecule has 23 heavy (non-hydrogen) atoms. The smallest absolute Gasteiger partial charge is 0.256 e. The summed E-state index contributed by atoms with van der Waals surface area (Å²) in [6.07, 6.45) is 7.36. The standard InChI is InChI=1S/C16H24N6O/c1-16(14-13(8-19-20-14)15(23)21(2)3)5-4-6-22(10-16)9-12-7-17-11-18-12/h7-8,11H,4-6,9-10H2,1-3H3,(H,17,18)(H,19,20)/t16-/m0/s1. The second kappa shape index (κ2) is 6.16. The molecule has 0 saturated carbocycles. The van der Waals surface area contributed by atoms with Crippen LogP contribution in [0.3, 0.4) is 0 Å². The Hall–Kier alpha value is -2.15. The Morgan fingerprint density at radius 3 is 2.96 bits per heavy atom. The van der Waals surface area contributed by atoms with Crippen LogP contribution in [-0.4, -0.2) is 63.1 Å². The third kappa shape index (κ3) is 3.14. The topological polar surface area (TPSA) is 80.9 Å². The average Bonchev–Trinajstić information content (AvgIpc) is 3.17. The molecule has 1 fully saturated rings. The normalized spacial score (nSPS) is 22.2. The maximum absolute atomic E-state index is 12.4. The second-order valence-corrected chi connectivity index (χ2v) is 6.81. The number of hydrogen-bond acceptors (Lipinski definition) is 4. The van der Waals surface area contributed by atoms with E-state index in [9.17, 15) is 4.79 Å². The van der Waals surface area contributed by atoms with Gasteiger partial charge in [-0.2, -0.15) is 5.10 Å². The number of carbonyl (C=O) groups is 1. The van der Waals surface area contributed by atoms with Gasteiger partial charge in [0.05, 0.1) is 23.8 Å². The quantitative estimate of drug-likeness (QED) is 0.893. The van der Waals surface area contributed by atoms with Gasteiger partial charge in [0.25, 0.3) is 5.91 Å². The Labute approximate surface area is 136 Å². The van der Waals surface area contributed by atoms with Crippen molar-refractivity contribution in [3.63, 3.8) is 0 Å². The Morgan fingerprint density at radius 2 is 2.26 bits per heavy atom. The third-order valence-electron chi connectivity index (χ3n) is 4.60. The first-order valence-corrected chi connectivity index (χ1v) is 7.95. The zero-order valence-electron chi connectivity index (χ0n) is 14.0. The van der Waals surface area contributed by atoms with E-state index in [4.69, 9.17) is 0 Å². The van der Waals surface area contributed by atoms with E-state index in [-0.39, 0.29) is 11.3 Å². The van der Waals surface area contributed by atoms with Gasteiger partial charge >= 0.3 is 0 Å². The largest absolute Gasteiger partial charge is 0.347 e. The molecule has 0 spiro atoms. The van der Waals surface area contributed by atoms with E-state index < -0.39 is 0 Å². The number of hydrogen-bond donors (Lipinski definition) is 2. The van der Waals surface area contributed by atoms with Crippen molar-refractivity contribution in [3.05, 3.63) is 35.7 Å². The summed E-state index contributed by atoms with van der Waals surface area (Å²) in [4.78, 5) is 23.6. The zero-order chi connectivity index (χ0) is 16.4. The Kier molecular flexibility index (Phi) is 4.21. The SMILES string of the molecule is CN(C)C(=O)c1cn[nH]c1[C@@]1(C)CCCN(Cc2cnc[nH]2)C1. The van der Waals surface area contributed by atoms with Gasteiger partial charge in [0.2, 0.25) is 0 Å². The van der Waals surface area contributed by atoms with Crippen LogP contribution in [0.15, 0.2) is 18.7 Å². The first-order chi connectivity index (χ1) is 11.0. The van der Waals surface area contributed by atoms with E-state index in [1.807, 2.05) is 6.20 Å². The molecule has 1 aliphatic heterocycles. The van der Waals surface area contributed by atoms with Crippen LogP contribution in [0.25, 0.3) is 0 Å². The van der Waals surface area contributed by atoms with Crippen LogP contribution in [0.4, 0.5) is 0 Å². The maximum Gasteiger partial charge on any atom is 0.256 e. The fourth-order valence-electron chi connectivity index (χ4n) is 3.44. The number of amides is 1. The molecule has 1 atom stereocenters. The van der Waals surface area contributed by atoms with Crippen molar-refractivity contribution in [2.45, 2.75) is 31.7 Å². The van der Waals surface area contributed by atoms with Gasteiger partial charge in [0.15, 0.2) is 0 Å². The molecular weight excluding hydrogens is 292 g/mol. The number of imidazole rings is 1. The molecule has 7 nitrogen and oxygen atoms in total. The molecule has 0 bridgehead atoms. The lowest BCUT2D eigenvalue weighted by Gasteiger charge is -2.40. The van der Waals surface area contributed by atoms with Crippen molar-refractivity contribution >= 4 is 5.91 Å². The molecule has 1 amide bonds. The van der Waals surface area contributed by atoms with Gasteiger partial charge < -0.3 is 9.88 Å². The molecule has 0 aromatic carbocycles. The molecule has 0 radical (unpaired) electrons. The number of likely N-dealkylation sites (tertiary alicyclic amines) is 1. The number of nitrogens with one attached hydrogen (secondary N) is 2. The summed E-state index contributed by atoms with van der Waals surface area (Å²) in [7, 11) is 3.54. The highest BCUT2D eigenvalue weighted by molar-refractivity contribution is 5.95. The number of carbonyl (C=O) groups excluding carboxylic acids is 1. The number of aromatic nitrogens is 4. The summed E-state index contributed by atoms with van der Waals surface area (Å²) in [5.74, 6) is 0.000617. The Balaban J connectivity index is 1.81. The molecule has 1 aliphatic rings. The van der Waals surface area contributed by atoms with Crippen LogP contribution < -0.4 is 0 Å². The summed E-state index contributed by atoms with van der Waals surface area (Å²) < 4.78 is 0. The molecule has 1 saturated heterocycles. The predicted molar refractivity (Wildman–Crippen MR) is 87.1 cm³/mol. The minimum absolute atomic E-state index is 0.000617. The molecule has 2 aromatic heterocycles. The summed E-state index contributed by atoms with van der Waals surface area (Å²) >= 11 is 0. The van der Waals surface area contributed by atoms with Crippen LogP contribution in [0, 0.1) is 0 Å². The lowest BCUT2D eigenvalue weighted by Crippen LogP contribution is -2.45. The van der Waals surface area contributed by atoms with Crippen LogP contribution in [0.5, 0.6) is 0 Å². The fraction of sp³-hybridized carbons (Fsp3) is 0.562. The lowest BCUT2D eigenvalue weighted by molar-refractivity contribution is 0.0820. The molecule has 124 valence electrons. The van der Waals surface area contributed by atoms with Gasteiger partial charge in [0, 0.05) is 44.5 Å². The number of aromatic amines is 2. The van der Waals surface area contributed by atoms with Gasteiger partial charge in [-0.15, -0.1) is 0 Å². The Morgan fingerprint density at radius 1 is 1.43 bits per heavy atom. The Bertz CT molecular complexity index is 662. The highest BCUT2D eigenvalue weighted by Gasteiger charge is 2.37. The van der Waals surface area contributed by atoms with E-state index in [0.717, 1.165) is 43.9 Å². The van der Waals surface area contributed by atoms with Gasteiger partial charge in [-0.3, -0.25) is 14.8 Å². The summed E-state index contributed by atoms with van der Waals surface area (Å²) in [6.45, 7) is 5.01. The van der Waals surface area contributed by atoms with Crippen molar-refractivity contribution in [3.8, 4) is 0 Å². The average molecular weight is 316 g/mol. The third-order valence-corrected chi connectivity index (χ3v) is 4.60. The maximum atomic E-state index is 12.4. The van der Waals surface area contributed by atoms with E-state index in [2.05, 4.69) is 32.0 Å². The minimum Gasteiger partial charge on any atom is -0.347 e. The minimum atomic E-state index is -0.101. The zero-order valence-corrected chi connectivity index (χ0v) is 14.0. The highest BCUT2D eigenvalue weighted by atomic mass is 16.2. The van der Waals surface area contributed by atoms with E-state index in [1.54, 1.807) is 31.5 Å². The highest BCUT2D eigenvalue weighted by Crippen LogP contribution is 2.35. The van der Waals surface area contributed by atoms with Gasteiger partial charge in [0.1, 0.15) is 0 Å². The monoisotopic (exact) mass is 316 g/mol. The number of piperidine rings is 1. The van der Waals surface area contributed by atoms with Gasteiger partial charge in [-0.05, 0) is 19.4 Å². The van der Waals surface area contributed by atoms with Crippen molar-refractivity contribution in [2.75, 3.05) is 27.2 Å². The lowest BCUT2D eigenvalue weighted by atomic mass is 9.77. The summed E-state index contributed by atoms with van der Waals surface area (Å²) in [5.41, 5.74) is 2.64. The van der Waals surface area contributed by atoms with Crippen LogP contribution in [0.1, 0.15) is 41.5 Å². The van der Waals surface area contributed by atoms with Crippen LogP contribution >= 0.6 is 0 Å². The molecule has 2 N–H and O–H groups in total. The second-order valence-electron chi connectivity index (χ2n) is 6.81. The molecule has 0 aliphatic carbocycles. The van der Waals surface area contributed by atoms with E-state index in [1.165, 1.54) is 0 Å². The summed E-state index contributed by atoms with van der Waals surface area (Å²) in [5, 5.41) is 7.23. The number of nitrogens with zero attached hydrogens (tertiary/aromatic N) is 4. The first-order valence-electron chi connectivity index (χ1n) is 7.95. The molecule has 3 heterocycles. The van der Waals surface area contributed by atoms with Crippen LogP contribution in [-0.2, 0) is 12.0 Å². The van der Waals surface area contributed by atoms with Crippen molar-refractivity contribution in [1.29, 1.82) is 0 Å². The van der Waals surface area contributed by atoms with Crippen LogP contribution in [0.2, 0.25) is 0 Å². The molecule has 0 unspecified atom stereocenters. The van der Waals surface area contributed by atoms with E-state index in [0.29, 0.717) is 5.56 Å². The molecule has 7 heteroatoms. The van der Waals surface area contributed by atoms with Gasteiger partial charge in [-0.25, -0.2) is 4.98 Å². The summed E-state index contributed by atoms with van der Waals surface area (Å²) in [6, 6.07) is 0. The van der Waals surface area contributed by atoms with Crippen molar-refractivity contribution in [1.82, 2.24) is 30.0 Å². The predicted octanol–water partition coefficient (Wildman–Crippen LogP) is 1.39. The van der Waals surface area contributed by atoms with Crippen molar-refractivity contribution < 1.29 is 4.79 Å². The fourth-order valence-corrected chi connectivity index (χ4v) is 3.44. The molecule has 2 aromatic rings. The molecule has 3 rings (SSSR count). The van der Waals surface area contributed by atoms with E-state index >= 15 is 0 Å². The van der Waals surface area contributed by atoms with Gasteiger partial charge in [-0.1, -0.05) is 6.92 Å². The number of H-pyrrole nitrogens is 2. The molecular formula is C16H24N6O.